The van der Waals surface area contributed by atoms with Crippen molar-refractivity contribution in [3.63, 3.8) is 0 Å². The summed E-state index contributed by atoms with van der Waals surface area (Å²) in [6.07, 6.45) is 1.86. The van der Waals surface area contributed by atoms with Gasteiger partial charge < -0.3 is 10.1 Å². The molecule has 0 aliphatic rings. The van der Waals surface area contributed by atoms with E-state index in [1.165, 1.54) is 5.56 Å². The fraction of sp³-hybridized carbons (Fsp3) is 0.214. The molecule has 1 heterocycles. The quantitative estimate of drug-likeness (QED) is 0.379. The third kappa shape index (κ3) is 5.76. The van der Waals surface area contributed by atoms with Gasteiger partial charge in [0, 0.05) is 17.7 Å². The van der Waals surface area contributed by atoms with Crippen molar-refractivity contribution in [3.05, 3.63) is 96.7 Å². The maximum Gasteiger partial charge on any atom is 0.320 e. The van der Waals surface area contributed by atoms with E-state index in [9.17, 15) is 4.79 Å². The number of esters is 1. The summed E-state index contributed by atoms with van der Waals surface area (Å²) in [5.74, 6) is -0.271. The monoisotopic (exact) mass is 439 g/mol. The molecule has 0 fully saturated rings. The predicted octanol–water partition coefficient (Wildman–Crippen LogP) is 5.64. The highest BCUT2D eigenvalue weighted by molar-refractivity contribution is 5.72. The molecule has 0 unspecified atom stereocenters. The summed E-state index contributed by atoms with van der Waals surface area (Å²) in [4.78, 5) is 12.1. The zero-order chi connectivity index (χ0) is 23.3. The van der Waals surface area contributed by atoms with Crippen LogP contribution in [0.5, 0.6) is 0 Å². The number of benzene rings is 3. The van der Waals surface area contributed by atoms with Crippen LogP contribution in [-0.4, -0.2) is 27.9 Å². The van der Waals surface area contributed by atoms with Crippen LogP contribution in [0.1, 0.15) is 26.3 Å². The van der Waals surface area contributed by atoms with Gasteiger partial charge in [0.05, 0.1) is 24.1 Å². The third-order valence-corrected chi connectivity index (χ3v) is 5.12. The molecule has 1 aromatic heterocycles. The minimum absolute atomic E-state index is 0.141. The molecule has 0 bridgehead atoms. The van der Waals surface area contributed by atoms with Gasteiger partial charge in [0.25, 0.3) is 0 Å². The number of nitrogens with zero attached hydrogens (tertiary/aromatic N) is 2. The first-order chi connectivity index (χ1) is 15.9. The van der Waals surface area contributed by atoms with Gasteiger partial charge in [-0.25, -0.2) is 4.68 Å². The molecule has 0 amide bonds. The van der Waals surface area contributed by atoms with E-state index in [0.29, 0.717) is 6.54 Å². The highest BCUT2D eigenvalue weighted by Crippen LogP contribution is 2.28. The van der Waals surface area contributed by atoms with Crippen LogP contribution in [0.3, 0.4) is 0 Å². The lowest BCUT2D eigenvalue weighted by molar-refractivity contribution is -0.153. The van der Waals surface area contributed by atoms with Gasteiger partial charge >= 0.3 is 5.97 Å². The van der Waals surface area contributed by atoms with Crippen LogP contribution in [0, 0.1) is 0 Å². The first kappa shape index (κ1) is 22.5. The lowest BCUT2D eigenvalue weighted by atomic mass is 10.0. The van der Waals surface area contributed by atoms with Gasteiger partial charge in [-0.3, -0.25) is 4.79 Å². The Bertz CT molecular complexity index is 1190. The fourth-order valence-corrected chi connectivity index (χ4v) is 3.71. The summed E-state index contributed by atoms with van der Waals surface area (Å²) in [7, 11) is 0. The number of hydrogen-bond acceptors (Lipinski definition) is 4. The maximum absolute atomic E-state index is 12.1. The van der Waals surface area contributed by atoms with E-state index >= 15 is 0 Å². The first-order valence-electron chi connectivity index (χ1n) is 11.1. The zero-order valence-corrected chi connectivity index (χ0v) is 19.3. The van der Waals surface area contributed by atoms with Crippen molar-refractivity contribution in [3.8, 4) is 28.1 Å². The summed E-state index contributed by atoms with van der Waals surface area (Å²) in [6.45, 7) is 6.25. The molecule has 4 aromatic rings. The Labute approximate surface area is 195 Å². The summed E-state index contributed by atoms with van der Waals surface area (Å²) in [6, 6.07) is 28.9. The van der Waals surface area contributed by atoms with Gasteiger partial charge in [0.2, 0.25) is 0 Å². The van der Waals surface area contributed by atoms with E-state index < -0.39 is 5.60 Å². The number of ether oxygens (including phenoxy) is 1. The molecule has 3 aromatic carbocycles. The number of aromatic nitrogens is 2. The molecular weight excluding hydrogens is 410 g/mol. The van der Waals surface area contributed by atoms with Crippen LogP contribution in [-0.2, 0) is 16.1 Å². The Morgan fingerprint density at radius 1 is 0.848 bits per heavy atom. The van der Waals surface area contributed by atoms with Crippen LogP contribution >= 0.6 is 0 Å². The van der Waals surface area contributed by atoms with Gasteiger partial charge in [-0.1, -0.05) is 72.8 Å². The molecule has 5 heteroatoms. The summed E-state index contributed by atoms with van der Waals surface area (Å²) < 4.78 is 7.34. The van der Waals surface area contributed by atoms with Gasteiger partial charge in [0.15, 0.2) is 0 Å². The van der Waals surface area contributed by atoms with Crippen LogP contribution in [0.15, 0.2) is 91.1 Å². The zero-order valence-electron chi connectivity index (χ0n) is 19.3. The van der Waals surface area contributed by atoms with E-state index in [1.54, 1.807) is 0 Å². The minimum atomic E-state index is -0.495. The lowest BCUT2D eigenvalue weighted by Gasteiger charge is -2.19. The van der Waals surface area contributed by atoms with Gasteiger partial charge in [-0.05, 0) is 44.0 Å². The third-order valence-electron chi connectivity index (χ3n) is 5.12. The minimum Gasteiger partial charge on any atom is -0.459 e. The first-order valence-corrected chi connectivity index (χ1v) is 11.1. The molecule has 0 spiro atoms. The van der Waals surface area contributed by atoms with E-state index in [2.05, 4.69) is 58.9 Å². The second kappa shape index (κ2) is 9.84. The Morgan fingerprint density at radius 2 is 1.42 bits per heavy atom. The van der Waals surface area contributed by atoms with Crippen molar-refractivity contribution in [2.24, 2.45) is 0 Å². The van der Waals surface area contributed by atoms with Crippen LogP contribution in [0.4, 0.5) is 0 Å². The predicted molar refractivity (Wildman–Crippen MR) is 132 cm³/mol. The van der Waals surface area contributed by atoms with Crippen molar-refractivity contribution in [1.82, 2.24) is 15.1 Å². The number of carbonyl (C=O) groups excluding carboxylic acids is 1. The molecule has 1 N–H and O–H groups in total. The Kier molecular flexibility index (Phi) is 6.71. The smallest absolute Gasteiger partial charge is 0.320 e. The van der Waals surface area contributed by atoms with E-state index in [-0.39, 0.29) is 12.5 Å². The molecule has 0 aliphatic heterocycles. The molecule has 0 aliphatic carbocycles. The summed E-state index contributed by atoms with van der Waals surface area (Å²) >= 11 is 0. The number of nitrogens with one attached hydrogen (secondary N) is 1. The molecule has 5 nitrogen and oxygen atoms in total. The second-order valence-corrected chi connectivity index (χ2v) is 8.90. The fourth-order valence-electron chi connectivity index (χ4n) is 3.71. The van der Waals surface area contributed by atoms with Crippen molar-refractivity contribution < 1.29 is 9.53 Å². The van der Waals surface area contributed by atoms with Crippen molar-refractivity contribution in [2.45, 2.75) is 32.9 Å². The van der Waals surface area contributed by atoms with Gasteiger partial charge in [-0.15, -0.1) is 0 Å². The Morgan fingerprint density at radius 3 is 2.03 bits per heavy atom. The normalized spacial score (nSPS) is 11.4. The molecule has 0 saturated carbocycles. The molecule has 0 atom stereocenters. The largest absolute Gasteiger partial charge is 0.459 e. The average Bonchev–Trinajstić information content (AvgIpc) is 3.23. The average molecular weight is 440 g/mol. The van der Waals surface area contributed by atoms with Gasteiger partial charge in [0.1, 0.15) is 5.60 Å². The maximum atomic E-state index is 12.1. The highest BCUT2D eigenvalue weighted by Gasteiger charge is 2.17. The number of rotatable bonds is 7. The van der Waals surface area contributed by atoms with Crippen molar-refractivity contribution in [2.75, 3.05) is 6.54 Å². The van der Waals surface area contributed by atoms with E-state index in [1.807, 2.05) is 68.0 Å². The van der Waals surface area contributed by atoms with E-state index in [4.69, 9.17) is 4.74 Å². The molecular formula is C28H29N3O2. The van der Waals surface area contributed by atoms with Crippen molar-refractivity contribution >= 4 is 5.97 Å². The molecule has 0 saturated heterocycles. The SMILES string of the molecule is CC(C)(C)OC(=O)CNCc1cnn(-c2ccc(-c3ccccc3)cc2)c1-c1ccccc1. The molecule has 0 radical (unpaired) electrons. The van der Waals surface area contributed by atoms with Crippen molar-refractivity contribution in [1.29, 1.82) is 0 Å². The second-order valence-electron chi connectivity index (χ2n) is 8.90. The molecule has 168 valence electrons. The van der Waals surface area contributed by atoms with Crippen LogP contribution in [0.25, 0.3) is 28.1 Å². The number of carbonyl (C=O) groups is 1. The Balaban J connectivity index is 1.59. The van der Waals surface area contributed by atoms with Gasteiger partial charge in [-0.2, -0.15) is 5.10 Å². The highest BCUT2D eigenvalue weighted by atomic mass is 16.6. The Hall–Kier alpha value is -3.70. The lowest BCUT2D eigenvalue weighted by Crippen LogP contribution is -2.31. The van der Waals surface area contributed by atoms with Crippen LogP contribution < -0.4 is 5.32 Å². The summed E-state index contributed by atoms with van der Waals surface area (Å²) in [5.41, 5.74) is 5.90. The topological polar surface area (TPSA) is 56.1 Å². The summed E-state index contributed by atoms with van der Waals surface area (Å²) in [5, 5.41) is 7.88. The number of hydrogen-bond donors (Lipinski definition) is 1. The molecule has 33 heavy (non-hydrogen) atoms. The standard InChI is InChI=1S/C28H29N3O2/c1-28(2,3)33-26(32)20-29-18-24-19-30-31(27(24)23-12-8-5-9-13-23)25-16-14-22(15-17-25)21-10-6-4-7-11-21/h4-17,19,29H,18,20H2,1-3H3. The molecule has 4 rings (SSSR count). The van der Waals surface area contributed by atoms with E-state index in [0.717, 1.165) is 28.1 Å². The van der Waals surface area contributed by atoms with Crippen LogP contribution in [0.2, 0.25) is 0 Å².